The SMILES string of the molecule is CC[C@H]1OC(=O)[C@H](C)[C@@H](O[C@H]2C[C@@](C)(OC)[C@@H](O)[C@H](C)O2)[C@H](C)[C@@H](O[C@@H]2O[C@H](C)C[C@H](N(C)CCc3cn([C@H](CF)[C@H](OC)c4ccc(-n5ccnc5)cc4)nn3)[C@H]2O)[C@](C)(O)C[C@@H](C)CN(C)[C@H](C)[C@@H](O)[C@]1(C)O. The van der Waals surface area contributed by atoms with E-state index in [0.717, 1.165) is 11.3 Å². The Morgan fingerprint density at radius 3 is 2.28 bits per heavy atom. The van der Waals surface area contributed by atoms with E-state index in [-0.39, 0.29) is 25.2 Å². The molecule has 0 saturated carbocycles. The molecule has 0 spiro atoms. The van der Waals surface area contributed by atoms with Crippen molar-refractivity contribution in [1.29, 1.82) is 0 Å². The Kier molecular flexibility index (Phi) is 20.6. The van der Waals surface area contributed by atoms with Crippen molar-refractivity contribution in [2.75, 3.05) is 48.1 Å². The maximum absolute atomic E-state index is 14.9. The van der Waals surface area contributed by atoms with Crippen molar-refractivity contribution in [3.8, 4) is 5.69 Å². The van der Waals surface area contributed by atoms with Gasteiger partial charge in [-0.05, 0) is 105 Å². The number of likely N-dealkylation sites (N-methyl/N-ethyl adjacent to an activating group) is 2. The van der Waals surface area contributed by atoms with Gasteiger partial charge in [0.05, 0.1) is 53.6 Å². The maximum Gasteiger partial charge on any atom is 0.311 e. The third-order valence-corrected chi connectivity index (χ3v) is 16.5. The molecular formula is C54H88FN7O13. The quantitative estimate of drug-likeness (QED) is 0.127. The van der Waals surface area contributed by atoms with Crippen molar-refractivity contribution in [2.45, 2.75) is 204 Å². The summed E-state index contributed by atoms with van der Waals surface area (Å²) in [5, 5.41) is 68.6. The minimum Gasteiger partial charge on any atom is -0.459 e. The maximum atomic E-state index is 14.9. The van der Waals surface area contributed by atoms with Crippen molar-refractivity contribution < 1.29 is 67.9 Å². The van der Waals surface area contributed by atoms with E-state index < -0.39 is 127 Å². The molecule has 5 N–H and O–H groups in total. The summed E-state index contributed by atoms with van der Waals surface area (Å²) in [4.78, 5) is 22.5. The van der Waals surface area contributed by atoms with Crippen LogP contribution < -0.4 is 0 Å². The lowest BCUT2D eigenvalue weighted by molar-refractivity contribution is -0.318. The van der Waals surface area contributed by atoms with Gasteiger partial charge in [-0.15, -0.1) is 5.10 Å². The van der Waals surface area contributed by atoms with Gasteiger partial charge >= 0.3 is 5.97 Å². The Morgan fingerprint density at radius 2 is 1.67 bits per heavy atom. The third kappa shape index (κ3) is 13.8. The van der Waals surface area contributed by atoms with Crippen LogP contribution in [0.4, 0.5) is 4.39 Å². The first-order valence-electron chi connectivity index (χ1n) is 26.6. The van der Waals surface area contributed by atoms with Gasteiger partial charge in [-0.25, -0.2) is 14.1 Å². The number of aliphatic hydroxyl groups excluding tert-OH is 3. The summed E-state index contributed by atoms with van der Waals surface area (Å²) < 4.78 is 62.4. The van der Waals surface area contributed by atoms with E-state index in [1.54, 1.807) is 67.2 Å². The largest absolute Gasteiger partial charge is 0.459 e. The van der Waals surface area contributed by atoms with Crippen LogP contribution in [0.25, 0.3) is 5.69 Å². The van der Waals surface area contributed by atoms with Crippen molar-refractivity contribution >= 4 is 5.97 Å². The predicted molar refractivity (Wildman–Crippen MR) is 275 cm³/mol. The average Bonchev–Trinajstić information content (AvgIpc) is 4.09. The summed E-state index contributed by atoms with van der Waals surface area (Å²) in [5.74, 6) is -2.88. The number of esters is 1. The van der Waals surface area contributed by atoms with Crippen LogP contribution in [0.3, 0.4) is 0 Å². The standard InChI is InChI=1S/C54H88FN7O13/c1-15-42-54(10,68)47(64)35(6)60(12)28-31(2)25-52(8,67)49(33(4)45(34(5)50(66)73-42)74-43-26-53(9,70-14)48(65)36(7)72-43)75-51-44(63)40(24-32(3)71-51)59(11)22-20-38-29-62(58-57-38)41(27-55)46(69-13)37-16-18-39(19-17-37)61-23-21-56-30-61/h16-19,21,23,29-36,40-49,51,63-65,67-68H,15,20,22,24-28H2,1-14H3/t31-,32-,33+,34-,35-,36+,40+,41-,42-,43+,44-,45+,46-,47-,48+,49-,51+,52-,53-,54-/m1/s1. The summed E-state index contributed by atoms with van der Waals surface area (Å²) in [6.07, 6.45) is -2.75. The lowest BCUT2D eigenvalue weighted by atomic mass is 9.77. The smallest absolute Gasteiger partial charge is 0.311 e. The number of cyclic esters (lactones) is 1. The third-order valence-electron chi connectivity index (χ3n) is 16.5. The van der Waals surface area contributed by atoms with E-state index in [2.05, 4.69) is 15.3 Å². The van der Waals surface area contributed by atoms with Crippen molar-refractivity contribution in [3.05, 3.63) is 60.4 Å². The van der Waals surface area contributed by atoms with Crippen LogP contribution in [0.5, 0.6) is 0 Å². The molecule has 0 amide bonds. The molecule has 0 radical (unpaired) electrons. The molecule has 6 rings (SSSR count). The summed E-state index contributed by atoms with van der Waals surface area (Å²) in [5.41, 5.74) is -2.31. The highest BCUT2D eigenvalue weighted by molar-refractivity contribution is 5.73. The Balaban J connectivity index is 1.26. The lowest BCUT2D eigenvalue weighted by Crippen LogP contribution is -2.61. The molecule has 20 nitrogen and oxygen atoms in total. The number of carbonyl (C=O) groups is 1. The number of carbonyl (C=O) groups excluding carboxylic acids is 1. The fourth-order valence-corrected chi connectivity index (χ4v) is 11.8. The molecule has 75 heavy (non-hydrogen) atoms. The summed E-state index contributed by atoms with van der Waals surface area (Å²) in [6, 6.07) is 5.74. The number of hydrogen-bond donors (Lipinski definition) is 5. The zero-order chi connectivity index (χ0) is 55.3. The Labute approximate surface area is 442 Å². The zero-order valence-electron chi connectivity index (χ0n) is 46.6. The molecule has 21 heteroatoms. The number of benzene rings is 1. The van der Waals surface area contributed by atoms with Gasteiger partial charge in [0.2, 0.25) is 0 Å². The highest BCUT2D eigenvalue weighted by Gasteiger charge is 2.53. The van der Waals surface area contributed by atoms with Gasteiger partial charge < -0.3 is 73.1 Å². The van der Waals surface area contributed by atoms with Gasteiger partial charge in [-0.2, -0.15) is 0 Å². The van der Waals surface area contributed by atoms with Gasteiger partial charge in [0, 0.05) is 82.4 Å². The molecule has 0 unspecified atom stereocenters. The van der Waals surface area contributed by atoms with Gasteiger partial charge in [-0.1, -0.05) is 38.1 Å². The number of aliphatic hydroxyl groups is 5. The van der Waals surface area contributed by atoms with Crippen LogP contribution in [-0.2, 0) is 44.4 Å². The average molecular weight is 1060 g/mol. The molecule has 20 atom stereocenters. The van der Waals surface area contributed by atoms with Gasteiger partial charge in [0.1, 0.15) is 48.8 Å². The van der Waals surface area contributed by atoms with Crippen LogP contribution in [0.15, 0.2) is 49.2 Å². The van der Waals surface area contributed by atoms with Crippen LogP contribution in [0, 0.1) is 17.8 Å². The fourth-order valence-electron chi connectivity index (χ4n) is 11.8. The van der Waals surface area contributed by atoms with E-state index in [1.807, 2.05) is 72.8 Å². The summed E-state index contributed by atoms with van der Waals surface area (Å²) >= 11 is 0. The molecule has 1 aromatic carbocycles. The van der Waals surface area contributed by atoms with Crippen LogP contribution in [-0.4, -0.2) is 204 Å². The van der Waals surface area contributed by atoms with E-state index in [9.17, 15) is 34.7 Å². The minimum atomic E-state index is -1.85. The number of aromatic nitrogens is 5. The topological polar surface area (TPSA) is 238 Å². The van der Waals surface area contributed by atoms with Crippen LogP contribution in [0.2, 0.25) is 0 Å². The molecule has 3 fully saturated rings. The monoisotopic (exact) mass is 1060 g/mol. The molecule has 0 aliphatic carbocycles. The molecule has 2 aromatic heterocycles. The second-order valence-electron chi connectivity index (χ2n) is 22.6. The van der Waals surface area contributed by atoms with E-state index >= 15 is 0 Å². The zero-order valence-corrected chi connectivity index (χ0v) is 46.6. The molecule has 3 aromatic rings. The predicted octanol–water partition coefficient (Wildman–Crippen LogP) is 4.19. The number of alkyl halides is 1. The summed E-state index contributed by atoms with van der Waals surface area (Å²) in [6.45, 7) is 17.5. The van der Waals surface area contributed by atoms with Crippen LogP contribution >= 0.6 is 0 Å². The first-order valence-corrected chi connectivity index (χ1v) is 26.6. The van der Waals surface area contributed by atoms with E-state index in [4.69, 9.17) is 33.2 Å². The molecule has 3 aliphatic rings. The Morgan fingerprint density at radius 1 is 0.973 bits per heavy atom. The molecule has 5 heterocycles. The molecule has 3 aliphatic heterocycles. The lowest BCUT2D eigenvalue weighted by Gasteiger charge is -2.49. The van der Waals surface area contributed by atoms with Crippen molar-refractivity contribution in [2.24, 2.45) is 17.8 Å². The first kappa shape index (κ1) is 60.7. The van der Waals surface area contributed by atoms with Crippen molar-refractivity contribution in [3.63, 3.8) is 0 Å². The molecule has 424 valence electrons. The van der Waals surface area contributed by atoms with Gasteiger partial charge in [-0.3, -0.25) is 4.79 Å². The van der Waals surface area contributed by atoms with Crippen molar-refractivity contribution in [1.82, 2.24) is 34.3 Å². The molecule has 0 bridgehead atoms. The first-order chi connectivity index (χ1) is 35.3. The normalized spacial score (nSPS) is 38.9. The number of ether oxygens (including phenoxy) is 7. The van der Waals surface area contributed by atoms with Gasteiger partial charge in [0.15, 0.2) is 12.6 Å². The minimum absolute atomic E-state index is 0.0838. The number of methoxy groups -OCH3 is 2. The highest BCUT2D eigenvalue weighted by Crippen LogP contribution is 2.41. The fraction of sp³-hybridized carbons (Fsp3) is 0.778. The number of rotatable bonds is 16. The Hall–Kier alpha value is -3.55. The second kappa shape index (κ2) is 25.5. The molecular weight excluding hydrogens is 974 g/mol. The number of imidazole rings is 1. The number of hydrogen-bond acceptors (Lipinski definition) is 18. The Bertz CT molecular complexity index is 2220. The summed E-state index contributed by atoms with van der Waals surface area (Å²) in [7, 11) is 6.75. The highest BCUT2D eigenvalue weighted by atomic mass is 19.1. The second-order valence-corrected chi connectivity index (χ2v) is 22.6. The molecule has 3 saturated heterocycles. The number of halogens is 1. The van der Waals surface area contributed by atoms with Crippen LogP contribution in [0.1, 0.15) is 118 Å². The van der Waals surface area contributed by atoms with Gasteiger partial charge in [0.25, 0.3) is 0 Å². The van der Waals surface area contributed by atoms with E-state index in [1.165, 1.54) is 25.8 Å². The number of nitrogens with zero attached hydrogens (tertiary/aromatic N) is 7. The van der Waals surface area contributed by atoms with E-state index in [0.29, 0.717) is 31.6 Å².